The van der Waals surface area contributed by atoms with E-state index in [-0.39, 0.29) is 0 Å². The first kappa shape index (κ1) is 11.3. The molecule has 3 heteroatoms. The lowest BCUT2D eigenvalue weighted by Gasteiger charge is -2.06. The molecule has 2 N–H and O–H groups in total. The zero-order valence-corrected chi connectivity index (χ0v) is 9.18. The van der Waals surface area contributed by atoms with Crippen LogP contribution in [0.2, 0.25) is 5.02 Å². The van der Waals surface area contributed by atoms with Crippen molar-refractivity contribution in [2.24, 2.45) is 5.73 Å². The lowest BCUT2D eigenvalue weighted by atomic mass is 10.2. The van der Waals surface area contributed by atoms with Gasteiger partial charge in [-0.15, -0.1) is 0 Å². The highest BCUT2D eigenvalue weighted by molar-refractivity contribution is 6.31. The van der Waals surface area contributed by atoms with Gasteiger partial charge in [0.25, 0.3) is 0 Å². The fourth-order valence-electron chi connectivity index (χ4n) is 1.14. The van der Waals surface area contributed by atoms with Gasteiger partial charge in [-0.05, 0) is 50.1 Å². The maximum absolute atomic E-state index is 5.89. The van der Waals surface area contributed by atoms with E-state index in [1.165, 1.54) is 0 Å². The smallest absolute Gasteiger partial charge is 0.119 e. The summed E-state index contributed by atoms with van der Waals surface area (Å²) in [6.45, 7) is 3.41. The summed E-state index contributed by atoms with van der Waals surface area (Å²) in [6.07, 6.45) is 2.00. The molecule has 0 amide bonds. The molecule has 1 aromatic rings. The molecule has 0 saturated carbocycles. The van der Waals surface area contributed by atoms with Crippen LogP contribution in [0, 0.1) is 6.92 Å². The average molecular weight is 214 g/mol. The topological polar surface area (TPSA) is 35.2 Å². The number of hydrogen-bond donors (Lipinski definition) is 1. The number of rotatable bonds is 5. The van der Waals surface area contributed by atoms with Gasteiger partial charge in [-0.25, -0.2) is 0 Å². The van der Waals surface area contributed by atoms with Crippen molar-refractivity contribution in [3.63, 3.8) is 0 Å². The Balaban J connectivity index is 2.39. The fraction of sp³-hybridized carbons (Fsp3) is 0.455. The first-order valence-electron chi connectivity index (χ1n) is 4.83. The molecule has 0 bridgehead atoms. The second-order valence-electron chi connectivity index (χ2n) is 3.26. The van der Waals surface area contributed by atoms with Crippen molar-refractivity contribution in [2.45, 2.75) is 19.8 Å². The van der Waals surface area contributed by atoms with Crippen molar-refractivity contribution < 1.29 is 4.74 Å². The summed E-state index contributed by atoms with van der Waals surface area (Å²) in [5.74, 6) is 0.879. The van der Waals surface area contributed by atoms with E-state index in [2.05, 4.69) is 0 Å². The molecule has 0 radical (unpaired) electrons. The second-order valence-corrected chi connectivity index (χ2v) is 3.66. The third-order valence-corrected chi connectivity index (χ3v) is 2.42. The van der Waals surface area contributed by atoms with Crippen LogP contribution in [-0.4, -0.2) is 13.2 Å². The molecule has 2 nitrogen and oxygen atoms in total. The van der Waals surface area contributed by atoms with Gasteiger partial charge in [0.15, 0.2) is 0 Å². The molecule has 0 aliphatic heterocycles. The summed E-state index contributed by atoms with van der Waals surface area (Å²) in [4.78, 5) is 0. The first-order valence-corrected chi connectivity index (χ1v) is 5.21. The summed E-state index contributed by atoms with van der Waals surface area (Å²) >= 11 is 5.89. The molecular weight excluding hydrogens is 198 g/mol. The van der Waals surface area contributed by atoms with Crippen molar-refractivity contribution >= 4 is 11.6 Å². The van der Waals surface area contributed by atoms with Crippen LogP contribution in [0.15, 0.2) is 18.2 Å². The predicted octanol–water partition coefficient (Wildman–Crippen LogP) is 2.77. The Labute approximate surface area is 90.0 Å². The molecule has 14 heavy (non-hydrogen) atoms. The maximum Gasteiger partial charge on any atom is 0.119 e. The number of hydrogen-bond acceptors (Lipinski definition) is 2. The third-order valence-electron chi connectivity index (χ3n) is 2.00. The molecule has 78 valence electrons. The minimum Gasteiger partial charge on any atom is -0.494 e. The number of aryl methyl sites for hydroxylation is 1. The van der Waals surface area contributed by atoms with E-state index in [0.717, 1.165) is 42.3 Å². The highest BCUT2D eigenvalue weighted by Crippen LogP contribution is 2.21. The zero-order chi connectivity index (χ0) is 10.4. The second kappa shape index (κ2) is 5.89. The highest BCUT2D eigenvalue weighted by Gasteiger charge is 1.97. The van der Waals surface area contributed by atoms with E-state index < -0.39 is 0 Å². The van der Waals surface area contributed by atoms with E-state index in [9.17, 15) is 0 Å². The lowest BCUT2D eigenvalue weighted by Crippen LogP contribution is -2.03. The normalized spacial score (nSPS) is 10.2. The molecule has 0 aliphatic carbocycles. The molecule has 0 aromatic heterocycles. The molecule has 0 aliphatic rings. The van der Waals surface area contributed by atoms with Gasteiger partial charge in [0.1, 0.15) is 5.75 Å². The van der Waals surface area contributed by atoms with Gasteiger partial charge >= 0.3 is 0 Å². The fourth-order valence-corrected chi connectivity index (χ4v) is 1.26. The molecule has 0 atom stereocenters. The summed E-state index contributed by atoms with van der Waals surface area (Å²) in [6, 6.07) is 5.69. The van der Waals surface area contributed by atoms with Crippen LogP contribution in [0.3, 0.4) is 0 Å². The van der Waals surface area contributed by atoms with Crippen molar-refractivity contribution in [1.82, 2.24) is 0 Å². The van der Waals surface area contributed by atoms with E-state index in [1.807, 2.05) is 25.1 Å². The molecule has 0 spiro atoms. The van der Waals surface area contributed by atoms with Crippen LogP contribution in [0.4, 0.5) is 0 Å². The molecule has 0 unspecified atom stereocenters. The molecular formula is C11H16ClNO. The Morgan fingerprint density at radius 2 is 2.14 bits per heavy atom. The van der Waals surface area contributed by atoms with Gasteiger partial charge < -0.3 is 10.5 Å². The van der Waals surface area contributed by atoms with E-state index in [1.54, 1.807) is 0 Å². The van der Waals surface area contributed by atoms with Gasteiger partial charge in [0.05, 0.1) is 6.61 Å². The molecule has 0 fully saturated rings. The number of benzene rings is 1. The Bertz CT molecular complexity index is 289. The first-order chi connectivity index (χ1) is 6.74. The van der Waals surface area contributed by atoms with Crippen LogP contribution in [-0.2, 0) is 0 Å². The van der Waals surface area contributed by atoms with Crippen LogP contribution in [0.25, 0.3) is 0 Å². The van der Waals surface area contributed by atoms with Crippen LogP contribution >= 0.6 is 11.6 Å². The standard InChI is InChI=1S/C11H16ClNO/c1-9-8-10(4-5-11(9)12)14-7-3-2-6-13/h4-5,8H,2-3,6-7,13H2,1H3. The van der Waals surface area contributed by atoms with Gasteiger partial charge in [-0.1, -0.05) is 11.6 Å². The van der Waals surface area contributed by atoms with Crippen molar-refractivity contribution in [1.29, 1.82) is 0 Å². The summed E-state index contributed by atoms with van der Waals surface area (Å²) in [7, 11) is 0. The average Bonchev–Trinajstić information content (AvgIpc) is 2.18. The highest BCUT2D eigenvalue weighted by atomic mass is 35.5. The third kappa shape index (κ3) is 3.56. The van der Waals surface area contributed by atoms with Crippen LogP contribution < -0.4 is 10.5 Å². The Morgan fingerprint density at radius 1 is 1.36 bits per heavy atom. The largest absolute Gasteiger partial charge is 0.494 e. The van der Waals surface area contributed by atoms with Crippen molar-refractivity contribution in [3.8, 4) is 5.75 Å². The summed E-state index contributed by atoms with van der Waals surface area (Å²) in [5, 5.41) is 0.777. The molecule has 0 heterocycles. The van der Waals surface area contributed by atoms with Gasteiger partial charge in [-0.3, -0.25) is 0 Å². The number of halogens is 1. The van der Waals surface area contributed by atoms with Crippen molar-refractivity contribution in [2.75, 3.05) is 13.2 Å². The quantitative estimate of drug-likeness (QED) is 0.764. The number of nitrogens with two attached hydrogens (primary N) is 1. The summed E-state index contributed by atoms with van der Waals surface area (Å²) in [5.41, 5.74) is 6.42. The Hall–Kier alpha value is -0.730. The van der Waals surface area contributed by atoms with Gasteiger partial charge in [0, 0.05) is 5.02 Å². The molecule has 1 aromatic carbocycles. The zero-order valence-electron chi connectivity index (χ0n) is 8.42. The van der Waals surface area contributed by atoms with Gasteiger partial charge in [-0.2, -0.15) is 0 Å². The van der Waals surface area contributed by atoms with E-state index in [0.29, 0.717) is 0 Å². The van der Waals surface area contributed by atoms with E-state index >= 15 is 0 Å². The Kier molecular flexibility index (Phi) is 4.77. The number of ether oxygens (including phenoxy) is 1. The Morgan fingerprint density at radius 3 is 2.79 bits per heavy atom. The van der Waals surface area contributed by atoms with Crippen LogP contribution in [0.1, 0.15) is 18.4 Å². The summed E-state index contributed by atoms with van der Waals surface area (Å²) < 4.78 is 5.53. The monoisotopic (exact) mass is 213 g/mol. The molecule has 0 saturated heterocycles. The predicted molar refractivity (Wildman–Crippen MR) is 60.0 cm³/mol. The molecule has 1 rings (SSSR count). The SMILES string of the molecule is Cc1cc(OCCCCN)ccc1Cl. The van der Waals surface area contributed by atoms with Gasteiger partial charge in [0.2, 0.25) is 0 Å². The number of unbranched alkanes of at least 4 members (excludes halogenated alkanes) is 1. The minimum absolute atomic E-state index is 0.721. The minimum atomic E-state index is 0.721. The van der Waals surface area contributed by atoms with Crippen LogP contribution in [0.5, 0.6) is 5.75 Å². The lowest BCUT2D eigenvalue weighted by molar-refractivity contribution is 0.307. The van der Waals surface area contributed by atoms with Crippen molar-refractivity contribution in [3.05, 3.63) is 28.8 Å². The maximum atomic E-state index is 5.89. The van der Waals surface area contributed by atoms with E-state index in [4.69, 9.17) is 22.1 Å².